The molecule has 0 heterocycles. The van der Waals surface area contributed by atoms with Gasteiger partial charge in [-0.25, -0.2) is 0 Å². The molecular weight excluding hydrogens is 198 g/mol. The SMILES string of the molecule is O=C(O)C(Cc1ccc(O)cc1)NCO. The first-order valence-electron chi connectivity index (χ1n) is 4.48. The van der Waals surface area contributed by atoms with Crippen molar-refractivity contribution < 1.29 is 20.1 Å². The van der Waals surface area contributed by atoms with Gasteiger partial charge in [0.05, 0.1) is 6.73 Å². The van der Waals surface area contributed by atoms with E-state index >= 15 is 0 Å². The van der Waals surface area contributed by atoms with Gasteiger partial charge in [0, 0.05) is 0 Å². The first-order chi connectivity index (χ1) is 7.13. The molecule has 15 heavy (non-hydrogen) atoms. The second-order valence-corrected chi connectivity index (χ2v) is 3.12. The zero-order valence-corrected chi connectivity index (χ0v) is 8.05. The van der Waals surface area contributed by atoms with Crippen LogP contribution in [0.3, 0.4) is 0 Å². The van der Waals surface area contributed by atoms with E-state index in [0.29, 0.717) is 0 Å². The van der Waals surface area contributed by atoms with Crippen LogP contribution in [0, 0.1) is 0 Å². The maximum atomic E-state index is 10.7. The summed E-state index contributed by atoms with van der Waals surface area (Å²) in [5.74, 6) is -0.877. The highest BCUT2D eigenvalue weighted by atomic mass is 16.4. The smallest absolute Gasteiger partial charge is 0.321 e. The van der Waals surface area contributed by atoms with Crippen LogP contribution >= 0.6 is 0 Å². The molecule has 1 atom stereocenters. The third-order valence-corrected chi connectivity index (χ3v) is 2.01. The lowest BCUT2D eigenvalue weighted by Gasteiger charge is -2.12. The summed E-state index contributed by atoms with van der Waals surface area (Å²) in [6, 6.07) is 5.45. The third kappa shape index (κ3) is 3.57. The van der Waals surface area contributed by atoms with E-state index < -0.39 is 12.0 Å². The first kappa shape index (κ1) is 11.5. The zero-order chi connectivity index (χ0) is 11.3. The average molecular weight is 211 g/mol. The van der Waals surface area contributed by atoms with Crippen LogP contribution in [0.4, 0.5) is 0 Å². The quantitative estimate of drug-likeness (QED) is 0.512. The molecule has 0 aliphatic carbocycles. The fourth-order valence-electron chi connectivity index (χ4n) is 1.22. The van der Waals surface area contributed by atoms with Gasteiger partial charge in [-0.05, 0) is 24.1 Å². The van der Waals surface area contributed by atoms with Crippen molar-refractivity contribution in [3.8, 4) is 5.75 Å². The highest BCUT2D eigenvalue weighted by Gasteiger charge is 2.16. The van der Waals surface area contributed by atoms with E-state index in [1.165, 1.54) is 12.1 Å². The third-order valence-electron chi connectivity index (χ3n) is 2.01. The lowest BCUT2D eigenvalue weighted by Crippen LogP contribution is -2.38. The molecule has 5 nitrogen and oxygen atoms in total. The molecule has 0 fully saturated rings. The van der Waals surface area contributed by atoms with E-state index in [1.54, 1.807) is 12.1 Å². The van der Waals surface area contributed by atoms with Gasteiger partial charge in [0.2, 0.25) is 0 Å². The molecule has 0 bridgehead atoms. The van der Waals surface area contributed by atoms with Crippen LogP contribution in [0.25, 0.3) is 0 Å². The summed E-state index contributed by atoms with van der Waals surface area (Å²) in [5, 5.41) is 28.9. The largest absolute Gasteiger partial charge is 0.508 e. The van der Waals surface area contributed by atoms with Crippen LogP contribution in [0.1, 0.15) is 5.56 Å². The molecule has 82 valence electrons. The van der Waals surface area contributed by atoms with Gasteiger partial charge in [0.1, 0.15) is 11.8 Å². The zero-order valence-electron chi connectivity index (χ0n) is 8.05. The van der Waals surface area contributed by atoms with Crippen molar-refractivity contribution in [1.29, 1.82) is 0 Å². The average Bonchev–Trinajstić information content (AvgIpc) is 2.20. The van der Waals surface area contributed by atoms with Crippen molar-refractivity contribution >= 4 is 5.97 Å². The van der Waals surface area contributed by atoms with Crippen molar-refractivity contribution in [2.75, 3.05) is 6.73 Å². The Hall–Kier alpha value is -1.59. The molecule has 0 spiro atoms. The molecule has 1 unspecified atom stereocenters. The van der Waals surface area contributed by atoms with E-state index in [4.69, 9.17) is 15.3 Å². The number of hydrogen-bond donors (Lipinski definition) is 4. The second-order valence-electron chi connectivity index (χ2n) is 3.12. The number of carboxylic acid groups (broad SMARTS) is 1. The van der Waals surface area contributed by atoms with Crippen LogP contribution in [-0.2, 0) is 11.2 Å². The maximum Gasteiger partial charge on any atom is 0.321 e. The summed E-state index contributed by atoms with van der Waals surface area (Å²) in [7, 11) is 0. The van der Waals surface area contributed by atoms with E-state index in [2.05, 4.69) is 5.32 Å². The van der Waals surface area contributed by atoms with Gasteiger partial charge < -0.3 is 15.3 Å². The monoisotopic (exact) mass is 211 g/mol. The molecule has 0 amide bonds. The molecule has 5 heteroatoms. The summed E-state index contributed by atoms with van der Waals surface area (Å²) in [5.41, 5.74) is 0.779. The number of carboxylic acids is 1. The molecule has 4 N–H and O–H groups in total. The summed E-state index contributed by atoms with van der Waals surface area (Å²) < 4.78 is 0. The Bertz CT molecular complexity index is 323. The number of phenols is 1. The number of nitrogens with one attached hydrogen (secondary N) is 1. The van der Waals surface area contributed by atoms with Crippen LogP contribution < -0.4 is 5.32 Å². The van der Waals surface area contributed by atoms with Gasteiger partial charge in [-0.1, -0.05) is 12.1 Å². The Labute approximate surface area is 87.0 Å². The van der Waals surface area contributed by atoms with Crippen molar-refractivity contribution in [2.24, 2.45) is 0 Å². The number of carbonyl (C=O) groups is 1. The number of aromatic hydroxyl groups is 1. The van der Waals surface area contributed by atoms with E-state index in [9.17, 15) is 4.79 Å². The highest BCUT2D eigenvalue weighted by molar-refractivity contribution is 5.73. The van der Waals surface area contributed by atoms with Crippen LogP contribution in [-0.4, -0.2) is 34.1 Å². The van der Waals surface area contributed by atoms with Crippen molar-refractivity contribution in [3.63, 3.8) is 0 Å². The second kappa shape index (κ2) is 5.33. The Balaban J connectivity index is 2.65. The predicted molar refractivity (Wildman–Crippen MR) is 53.5 cm³/mol. The predicted octanol–water partition coefficient (Wildman–Crippen LogP) is -0.0727. The molecule has 0 saturated carbocycles. The molecular formula is C10H13NO4. The topological polar surface area (TPSA) is 89.8 Å². The molecule has 1 aromatic carbocycles. The number of benzene rings is 1. The van der Waals surface area contributed by atoms with Gasteiger partial charge in [0.25, 0.3) is 0 Å². The number of aliphatic hydroxyl groups is 1. The summed E-state index contributed by atoms with van der Waals surface area (Å²) in [4.78, 5) is 10.7. The number of rotatable bonds is 5. The molecule has 0 aliphatic heterocycles. The highest BCUT2D eigenvalue weighted by Crippen LogP contribution is 2.11. The normalized spacial score (nSPS) is 12.3. The number of phenolic OH excluding ortho intramolecular Hbond substituents is 1. The number of aliphatic carboxylic acids is 1. The van der Waals surface area contributed by atoms with Gasteiger partial charge in [-0.3, -0.25) is 10.1 Å². The van der Waals surface area contributed by atoms with Crippen LogP contribution in [0.5, 0.6) is 5.75 Å². The summed E-state index contributed by atoms with van der Waals surface area (Å²) in [6.45, 7) is -0.380. The van der Waals surface area contributed by atoms with Gasteiger partial charge in [-0.2, -0.15) is 0 Å². The Morgan fingerprint density at radius 1 is 1.33 bits per heavy atom. The van der Waals surface area contributed by atoms with Crippen LogP contribution in [0.2, 0.25) is 0 Å². The minimum atomic E-state index is -1.02. The van der Waals surface area contributed by atoms with Gasteiger partial charge in [0.15, 0.2) is 0 Å². The lowest BCUT2D eigenvalue weighted by atomic mass is 10.1. The van der Waals surface area contributed by atoms with Gasteiger partial charge >= 0.3 is 5.97 Å². The minimum Gasteiger partial charge on any atom is -0.508 e. The van der Waals surface area contributed by atoms with E-state index in [0.717, 1.165) is 5.56 Å². The van der Waals surface area contributed by atoms with E-state index in [-0.39, 0.29) is 18.9 Å². The van der Waals surface area contributed by atoms with Crippen molar-refractivity contribution in [1.82, 2.24) is 5.32 Å². The number of aliphatic hydroxyl groups excluding tert-OH is 1. The summed E-state index contributed by atoms with van der Waals surface area (Å²) in [6.07, 6.45) is 0.260. The molecule has 0 aliphatic rings. The molecule has 0 saturated heterocycles. The fourth-order valence-corrected chi connectivity index (χ4v) is 1.22. The molecule has 0 aromatic heterocycles. The number of hydrogen-bond acceptors (Lipinski definition) is 4. The minimum absolute atomic E-state index is 0.140. The van der Waals surface area contributed by atoms with E-state index in [1.807, 2.05) is 0 Å². The molecule has 1 aromatic rings. The van der Waals surface area contributed by atoms with Crippen molar-refractivity contribution in [3.05, 3.63) is 29.8 Å². The van der Waals surface area contributed by atoms with Crippen molar-refractivity contribution in [2.45, 2.75) is 12.5 Å². The van der Waals surface area contributed by atoms with Crippen LogP contribution in [0.15, 0.2) is 24.3 Å². The Morgan fingerprint density at radius 3 is 2.40 bits per heavy atom. The molecule has 0 radical (unpaired) electrons. The molecule has 1 rings (SSSR count). The Kier molecular flexibility index (Phi) is 4.08. The van der Waals surface area contributed by atoms with Gasteiger partial charge in [-0.15, -0.1) is 0 Å². The Morgan fingerprint density at radius 2 is 1.93 bits per heavy atom. The lowest BCUT2D eigenvalue weighted by molar-refractivity contribution is -0.139. The fraction of sp³-hybridized carbons (Fsp3) is 0.300. The first-order valence-corrected chi connectivity index (χ1v) is 4.48. The summed E-state index contributed by atoms with van der Waals surface area (Å²) >= 11 is 0. The standard InChI is InChI=1S/C10H13NO4/c12-6-11-9(10(14)15)5-7-1-3-8(13)4-2-7/h1-4,9,11-13H,5-6H2,(H,14,15). The maximum absolute atomic E-state index is 10.7.